The zero-order valence-electron chi connectivity index (χ0n) is 17.5. The molecule has 0 saturated heterocycles. The maximum atomic E-state index is 12.5. The lowest BCUT2D eigenvalue weighted by molar-refractivity contribution is -0.274. The first-order valence-electron chi connectivity index (χ1n) is 10.2. The minimum Gasteiger partial charge on any atom is -0.481 e. The molecule has 0 aliphatic heterocycles. The van der Waals surface area contributed by atoms with Crippen LogP contribution >= 0.6 is 0 Å². The van der Waals surface area contributed by atoms with Crippen LogP contribution in [0.1, 0.15) is 17.5 Å². The fraction of sp³-hybridized carbons (Fsp3) is 0.115. The first-order chi connectivity index (χ1) is 15.7. The van der Waals surface area contributed by atoms with Crippen molar-refractivity contribution in [1.82, 2.24) is 4.57 Å². The Morgan fingerprint density at radius 3 is 2.42 bits per heavy atom. The maximum absolute atomic E-state index is 12.5. The van der Waals surface area contributed by atoms with Gasteiger partial charge in [0.1, 0.15) is 5.75 Å². The molecule has 1 N–H and O–H groups in total. The number of rotatable bonds is 7. The Morgan fingerprint density at radius 2 is 1.76 bits per heavy atom. The summed E-state index contributed by atoms with van der Waals surface area (Å²) in [7, 11) is 0. The molecule has 0 bridgehead atoms. The van der Waals surface area contributed by atoms with E-state index < -0.39 is 12.3 Å². The van der Waals surface area contributed by atoms with Crippen LogP contribution in [0, 0.1) is 0 Å². The minimum absolute atomic E-state index is 0.0193. The Morgan fingerprint density at radius 1 is 1.03 bits per heavy atom. The van der Waals surface area contributed by atoms with Crippen molar-refractivity contribution in [2.75, 3.05) is 0 Å². The van der Waals surface area contributed by atoms with Gasteiger partial charge in [-0.05, 0) is 59.5 Å². The van der Waals surface area contributed by atoms with Crippen molar-refractivity contribution in [3.63, 3.8) is 0 Å². The summed E-state index contributed by atoms with van der Waals surface area (Å²) in [4.78, 5) is 11.0. The Bertz CT molecular complexity index is 1320. The van der Waals surface area contributed by atoms with E-state index in [2.05, 4.69) is 11.3 Å². The van der Waals surface area contributed by atoms with Crippen LogP contribution in [-0.2, 0) is 11.2 Å². The molecule has 1 heterocycles. The van der Waals surface area contributed by atoms with Crippen LogP contribution in [-0.4, -0.2) is 22.0 Å². The summed E-state index contributed by atoms with van der Waals surface area (Å²) in [6.45, 7) is 3.89. The van der Waals surface area contributed by atoms with Gasteiger partial charge in [-0.1, -0.05) is 43.0 Å². The van der Waals surface area contributed by atoms with Crippen molar-refractivity contribution in [3.05, 3.63) is 90.6 Å². The number of benzene rings is 3. The van der Waals surface area contributed by atoms with E-state index in [-0.39, 0.29) is 12.2 Å². The third-order valence-corrected chi connectivity index (χ3v) is 5.32. The van der Waals surface area contributed by atoms with Crippen LogP contribution in [0.15, 0.2) is 79.5 Å². The number of fused-ring (bicyclic) bond motifs is 1. The van der Waals surface area contributed by atoms with Crippen molar-refractivity contribution in [3.8, 4) is 22.6 Å². The summed E-state index contributed by atoms with van der Waals surface area (Å²) in [5.41, 5.74) is 5.18. The number of carbonyl (C=O) groups is 1. The molecular weight excluding hydrogens is 431 g/mol. The number of ether oxygens (including phenoxy) is 1. The second-order valence-corrected chi connectivity index (χ2v) is 7.49. The van der Waals surface area contributed by atoms with E-state index in [1.807, 2.05) is 53.2 Å². The molecule has 33 heavy (non-hydrogen) atoms. The van der Waals surface area contributed by atoms with Crippen LogP contribution in [0.3, 0.4) is 0 Å². The van der Waals surface area contributed by atoms with Gasteiger partial charge in [0.2, 0.25) is 0 Å². The van der Waals surface area contributed by atoms with Crippen LogP contribution in [0.2, 0.25) is 0 Å². The van der Waals surface area contributed by atoms with Gasteiger partial charge in [-0.25, -0.2) is 0 Å². The number of aromatic nitrogens is 1. The number of hydrogen-bond acceptors (Lipinski definition) is 2. The van der Waals surface area contributed by atoms with Gasteiger partial charge in [0.25, 0.3) is 0 Å². The molecule has 0 amide bonds. The third-order valence-electron chi connectivity index (χ3n) is 5.32. The summed E-state index contributed by atoms with van der Waals surface area (Å²) in [6.07, 6.45) is -0.660. The van der Waals surface area contributed by atoms with Crippen LogP contribution < -0.4 is 4.74 Å². The molecule has 0 unspecified atom stereocenters. The van der Waals surface area contributed by atoms with E-state index in [0.29, 0.717) is 12.1 Å². The molecule has 4 rings (SSSR count). The molecule has 0 radical (unpaired) electrons. The number of halogens is 3. The fourth-order valence-corrected chi connectivity index (χ4v) is 3.84. The molecule has 0 fully saturated rings. The van der Waals surface area contributed by atoms with Crippen LogP contribution in [0.4, 0.5) is 13.2 Å². The SMILES string of the molecule is C=Cc1ccccc1-c1cn(-c2ccc(OC(F)(F)F)cc2)c2ccc(CCC(=O)O)cc12. The fourth-order valence-electron chi connectivity index (χ4n) is 3.84. The lowest BCUT2D eigenvalue weighted by atomic mass is 9.97. The molecular formula is C26H20F3NO3. The number of carboxylic acids is 1. The first kappa shape index (κ1) is 22.2. The van der Waals surface area contributed by atoms with Crippen molar-refractivity contribution in [2.45, 2.75) is 19.2 Å². The number of carboxylic acid groups (broad SMARTS) is 1. The van der Waals surface area contributed by atoms with Gasteiger partial charge in [0.15, 0.2) is 0 Å². The standard InChI is InChI=1S/C26H20F3NO3/c1-2-18-5-3-4-6-21(18)23-16-30(19-9-11-20(12-10-19)33-26(27,28)29)24-13-7-17(15-22(23)24)8-14-25(31)32/h2-7,9-13,15-16H,1,8,14H2,(H,31,32). The molecule has 0 saturated carbocycles. The van der Waals surface area contributed by atoms with E-state index in [9.17, 15) is 18.0 Å². The Hall–Kier alpha value is -4.00. The second-order valence-electron chi connectivity index (χ2n) is 7.49. The number of nitrogens with zero attached hydrogens (tertiary/aromatic N) is 1. The smallest absolute Gasteiger partial charge is 0.481 e. The topological polar surface area (TPSA) is 51.5 Å². The molecule has 7 heteroatoms. The first-order valence-corrected chi connectivity index (χ1v) is 10.2. The monoisotopic (exact) mass is 451 g/mol. The number of hydrogen-bond donors (Lipinski definition) is 1. The van der Waals surface area contributed by atoms with Crippen LogP contribution in [0.5, 0.6) is 5.75 Å². The van der Waals surface area contributed by atoms with E-state index in [1.54, 1.807) is 18.2 Å². The maximum Gasteiger partial charge on any atom is 0.573 e. The summed E-state index contributed by atoms with van der Waals surface area (Å²) >= 11 is 0. The van der Waals surface area contributed by atoms with Gasteiger partial charge < -0.3 is 14.4 Å². The second kappa shape index (κ2) is 8.86. The van der Waals surface area contributed by atoms with Gasteiger partial charge in [-0.2, -0.15) is 0 Å². The highest BCUT2D eigenvalue weighted by Gasteiger charge is 2.31. The Labute approximate surface area is 188 Å². The lowest BCUT2D eigenvalue weighted by Crippen LogP contribution is -2.17. The summed E-state index contributed by atoms with van der Waals surface area (Å²) in [5, 5.41) is 9.94. The van der Waals surface area contributed by atoms with Crippen molar-refractivity contribution >= 4 is 22.9 Å². The lowest BCUT2D eigenvalue weighted by Gasteiger charge is -2.10. The Kier molecular flexibility index (Phi) is 5.96. The summed E-state index contributed by atoms with van der Waals surface area (Å²) < 4.78 is 43.4. The van der Waals surface area contributed by atoms with Crippen molar-refractivity contribution < 1.29 is 27.8 Å². The summed E-state index contributed by atoms with van der Waals surface area (Å²) in [5.74, 6) is -1.16. The molecule has 168 valence electrons. The van der Waals surface area contributed by atoms with E-state index >= 15 is 0 Å². The van der Waals surface area contributed by atoms with E-state index in [4.69, 9.17) is 5.11 Å². The minimum atomic E-state index is -4.75. The van der Waals surface area contributed by atoms with Crippen molar-refractivity contribution in [2.24, 2.45) is 0 Å². The third kappa shape index (κ3) is 4.92. The molecule has 0 atom stereocenters. The molecule has 4 nitrogen and oxygen atoms in total. The molecule has 1 aromatic heterocycles. The number of aliphatic carboxylic acids is 1. The van der Waals surface area contributed by atoms with E-state index in [1.165, 1.54) is 12.1 Å². The molecule has 0 spiro atoms. The van der Waals surface area contributed by atoms with Gasteiger partial charge >= 0.3 is 12.3 Å². The van der Waals surface area contributed by atoms with Crippen LogP contribution in [0.25, 0.3) is 33.8 Å². The quantitative estimate of drug-likeness (QED) is 0.334. The molecule has 3 aromatic carbocycles. The number of alkyl halides is 3. The van der Waals surface area contributed by atoms with E-state index in [0.717, 1.165) is 33.2 Å². The predicted octanol–water partition coefficient (Wildman–Crippen LogP) is 6.86. The highest BCUT2D eigenvalue weighted by molar-refractivity contribution is 5.99. The van der Waals surface area contributed by atoms with Gasteiger partial charge in [-0.3, -0.25) is 4.79 Å². The number of aryl methyl sites for hydroxylation is 1. The normalized spacial score (nSPS) is 11.5. The van der Waals surface area contributed by atoms with Gasteiger partial charge in [-0.15, -0.1) is 13.2 Å². The average Bonchev–Trinajstić information content (AvgIpc) is 3.16. The molecule has 0 aliphatic rings. The van der Waals surface area contributed by atoms with Gasteiger partial charge in [0.05, 0.1) is 5.52 Å². The Balaban J connectivity index is 1.85. The largest absolute Gasteiger partial charge is 0.573 e. The zero-order valence-corrected chi connectivity index (χ0v) is 17.5. The van der Waals surface area contributed by atoms with Gasteiger partial charge in [0, 0.05) is 29.3 Å². The molecule has 4 aromatic rings. The average molecular weight is 451 g/mol. The molecule has 0 aliphatic carbocycles. The van der Waals surface area contributed by atoms with Crippen molar-refractivity contribution in [1.29, 1.82) is 0 Å². The summed E-state index contributed by atoms with van der Waals surface area (Å²) in [6, 6.07) is 19.1. The zero-order chi connectivity index (χ0) is 23.6. The highest BCUT2D eigenvalue weighted by atomic mass is 19.4. The highest BCUT2D eigenvalue weighted by Crippen LogP contribution is 2.36. The predicted molar refractivity (Wildman–Crippen MR) is 121 cm³/mol.